The third kappa shape index (κ3) is 5.97. The van der Waals surface area contributed by atoms with Crippen LogP contribution in [0.25, 0.3) is 0 Å². The third-order valence-electron chi connectivity index (χ3n) is 3.28. The zero-order valence-corrected chi connectivity index (χ0v) is 11.9. The summed E-state index contributed by atoms with van der Waals surface area (Å²) in [5, 5.41) is 0. The highest BCUT2D eigenvalue weighted by atomic mass is 16.1. The maximum absolute atomic E-state index is 10.8. The van der Waals surface area contributed by atoms with Crippen molar-refractivity contribution in [1.82, 2.24) is 4.90 Å². The Morgan fingerprint density at radius 1 is 1.11 bits per heavy atom. The Kier molecular flexibility index (Phi) is 6.66. The molecule has 0 aromatic heterocycles. The van der Waals surface area contributed by atoms with Crippen LogP contribution in [0.2, 0.25) is 0 Å². The van der Waals surface area contributed by atoms with E-state index in [1.807, 2.05) is 0 Å². The Hall–Kier alpha value is -1.15. The second-order valence-electron chi connectivity index (χ2n) is 5.03. The molecular formula is C16H25NO. The molecule has 0 N–H and O–H groups in total. The van der Waals surface area contributed by atoms with Crippen molar-refractivity contribution in [3.63, 3.8) is 0 Å². The topological polar surface area (TPSA) is 20.3 Å². The van der Waals surface area contributed by atoms with Gasteiger partial charge in [0.05, 0.1) is 0 Å². The molecule has 1 aromatic carbocycles. The summed E-state index contributed by atoms with van der Waals surface area (Å²) in [6.07, 6.45) is 3.86. The van der Waals surface area contributed by atoms with E-state index in [0.29, 0.717) is 12.2 Å². The molecule has 0 unspecified atom stereocenters. The molecule has 2 nitrogen and oxygen atoms in total. The molecule has 1 aromatic rings. The van der Waals surface area contributed by atoms with Crippen LogP contribution in [0.3, 0.4) is 0 Å². The molecule has 0 bridgehead atoms. The summed E-state index contributed by atoms with van der Waals surface area (Å²) in [7, 11) is 2.13. The Bertz CT molecular complexity index is 356. The molecule has 100 valence electrons. The molecule has 0 aliphatic rings. The summed E-state index contributed by atoms with van der Waals surface area (Å²) in [5.74, 6) is 0.290. The van der Waals surface area contributed by atoms with Crippen molar-refractivity contribution in [3.05, 3.63) is 35.4 Å². The molecule has 0 radical (unpaired) electrons. The number of ketones is 1. The standard InChI is InChI=1S/C16H25NO/c1-4-15-7-9-16(10-8-15)11-13-17(3)12-5-6-14(2)18/h7-10H,4-6,11-13H2,1-3H3. The largest absolute Gasteiger partial charge is 0.306 e. The van der Waals surface area contributed by atoms with E-state index in [4.69, 9.17) is 0 Å². The molecule has 0 spiro atoms. The number of carbonyl (C=O) groups is 1. The molecule has 0 amide bonds. The summed E-state index contributed by atoms with van der Waals surface area (Å²) in [5.41, 5.74) is 2.79. The van der Waals surface area contributed by atoms with E-state index in [1.54, 1.807) is 6.92 Å². The maximum atomic E-state index is 10.8. The van der Waals surface area contributed by atoms with Crippen LogP contribution in [-0.4, -0.2) is 30.8 Å². The predicted octanol–water partition coefficient (Wildman–Crippen LogP) is 3.09. The van der Waals surface area contributed by atoms with E-state index in [9.17, 15) is 4.79 Å². The summed E-state index contributed by atoms with van der Waals surface area (Å²) in [6.45, 7) is 5.91. The normalized spacial score (nSPS) is 10.9. The van der Waals surface area contributed by atoms with Gasteiger partial charge in [0.25, 0.3) is 0 Å². The number of benzene rings is 1. The van der Waals surface area contributed by atoms with E-state index >= 15 is 0 Å². The third-order valence-corrected chi connectivity index (χ3v) is 3.28. The summed E-state index contributed by atoms with van der Waals surface area (Å²) >= 11 is 0. The van der Waals surface area contributed by atoms with Gasteiger partial charge in [0.1, 0.15) is 5.78 Å². The number of carbonyl (C=O) groups excluding carboxylic acids is 1. The lowest BCUT2D eigenvalue weighted by molar-refractivity contribution is -0.117. The van der Waals surface area contributed by atoms with Gasteiger partial charge in [-0.25, -0.2) is 0 Å². The van der Waals surface area contributed by atoms with Crippen molar-refractivity contribution in [3.8, 4) is 0 Å². The van der Waals surface area contributed by atoms with Crippen molar-refractivity contribution in [1.29, 1.82) is 0 Å². The van der Waals surface area contributed by atoms with Crippen molar-refractivity contribution in [2.24, 2.45) is 0 Å². The quantitative estimate of drug-likeness (QED) is 0.703. The van der Waals surface area contributed by atoms with Gasteiger partial charge in [-0.15, -0.1) is 0 Å². The molecule has 0 aliphatic carbocycles. The van der Waals surface area contributed by atoms with Crippen LogP contribution >= 0.6 is 0 Å². The van der Waals surface area contributed by atoms with Crippen LogP contribution in [0.5, 0.6) is 0 Å². The van der Waals surface area contributed by atoms with Gasteiger partial charge in [-0.2, -0.15) is 0 Å². The Balaban J connectivity index is 2.24. The molecule has 0 saturated carbocycles. The Labute approximate surface area is 111 Å². The summed E-state index contributed by atoms with van der Waals surface area (Å²) < 4.78 is 0. The molecule has 0 aliphatic heterocycles. The van der Waals surface area contributed by atoms with Gasteiger partial charge in [0, 0.05) is 13.0 Å². The summed E-state index contributed by atoms with van der Waals surface area (Å²) in [4.78, 5) is 13.1. The number of hydrogen-bond donors (Lipinski definition) is 0. The molecule has 0 saturated heterocycles. The van der Waals surface area contributed by atoms with E-state index in [-0.39, 0.29) is 0 Å². The van der Waals surface area contributed by atoms with Crippen LogP contribution in [0.4, 0.5) is 0 Å². The summed E-state index contributed by atoms with van der Waals surface area (Å²) in [6, 6.07) is 8.88. The smallest absolute Gasteiger partial charge is 0.129 e. The van der Waals surface area contributed by atoms with Crippen LogP contribution < -0.4 is 0 Å². The van der Waals surface area contributed by atoms with E-state index in [2.05, 4.69) is 43.1 Å². The minimum atomic E-state index is 0.290. The highest BCUT2D eigenvalue weighted by Crippen LogP contribution is 2.06. The number of rotatable bonds is 8. The molecular weight excluding hydrogens is 222 g/mol. The molecule has 2 heteroatoms. The van der Waals surface area contributed by atoms with Crippen LogP contribution in [-0.2, 0) is 17.6 Å². The second kappa shape index (κ2) is 8.04. The fourth-order valence-electron chi connectivity index (χ4n) is 1.97. The first-order chi connectivity index (χ1) is 8.61. The van der Waals surface area contributed by atoms with Crippen LogP contribution in [0, 0.1) is 0 Å². The lowest BCUT2D eigenvalue weighted by Gasteiger charge is -2.16. The first kappa shape index (κ1) is 14.9. The average Bonchev–Trinajstić information content (AvgIpc) is 2.36. The van der Waals surface area contributed by atoms with Gasteiger partial charge in [-0.3, -0.25) is 0 Å². The molecule has 1 rings (SSSR count). The zero-order valence-electron chi connectivity index (χ0n) is 11.9. The molecule has 0 fully saturated rings. The van der Waals surface area contributed by atoms with Crippen molar-refractivity contribution < 1.29 is 4.79 Å². The van der Waals surface area contributed by atoms with Crippen molar-refractivity contribution >= 4 is 5.78 Å². The lowest BCUT2D eigenvalue weighted by Crippen LogP contribution is -2.22. The van der Waals surface area contributed by atoms with Crippen LogP contribution in [0.1, 0.15) is 37.8 Å². The van der Waals surface area contributed by atoms with Crippen molar-refractivity contribution in [2.45, 2.75) is 39.5 Å². The van der Waals surface area contributed by atoms with Gasteiger partial charge in [-0.1, -0.05) is 31.2 Å². The van der Waals surface area contributed by atoms with Gasteiger partial charge in [0.15, 0.2) is 0 Å². The number of Topliss-reactive ketones (excluding diaryl/α,β-unsaturated/α-hetero) is 1. The van der Waals surface area contributed by atoms with Crippen LogP contribution in [0.15, 0.2) is 24.3 Å². The molecule has 0 heterocycles. The highest BCUT2D eigenvalue weighted by Gasteiger charge is 2.01. The second-order valence-corrected chi connectivity index (χ2v) is 5.03. The SMILES string of the molecule is CCc1ccc(CCN(C)CCCC(C)=O)cc1. The Morgan fingerprint density at radius 2 is 1.72 bits per heavy atom. The number of nitrogens with zero attached hydrogens (tertiary/aromatic N) is 1. The van der Waals surface area contributed by atoms with E-state index < -0.39 is 0 Å². The van der Waals surface area contributed by atoms with Crippen molar-refractivity contribution in [2.75, 3.05) is 20.1 Å². The lowest BCUT2D eigenvalue weighted by atomic mass is 10.1. The highest BCUT2D eigenvalue weighted by molar-refractivity contribution is 5.75. The van der Waals surface area contributed by atoms with E-state index in [0.717, 1.165) is 32.4 Å². The van der Waals surface area contributed by atoms with Gasteiger partial charge in [0.2, 0.25) is 0 Å². The Morgan fingerprint density at radius 3 is 2.28 bits per heavy atom. The van der Waals surface area contributed by atoms with Gasteiger partial charge < -0.3 is 9.69 Å². The van der Waals surface area contributed by atoms with E-state index in [1.165, 1.54) is 11.1 Å². The molecule has 0 atom stereocenters. The molecule has 18 heavy (non-hydrogen) atoms. The fraction of sp³-hybridized carbons (Fsp3) is 0.562. The number of hydrogen-bond acceptors (Lipinski definition) is 2. The average molecular weight is 247 g/mol. The first-order valence-corrected chi connectivity index (χ1v) is 6.87. The number of aryl methyl sites for hydroxylation is 1. The van der Waals surface area contributed by atoms with Gasteiger partial charge >= 0.3 is 0 Å². The minimum absolute atomic E-state index is 0.290. The number of likely N-dealkylation sites (N-methyl/N-ethyl adjacent to an activating group) is 1. The first-order valence-electron chi connectivity index (χ1n) is 6.87. The van der Waals surface area contributed by atoms with Gasteiger partial charge in [-0.05, 0) is 50.9 Å². The maximum Gasteiger partial charge on any atom is 0.129 e. The minimum Gasteiger partial charge on any atom is -0.306 e. The monoisotopic (exact) mass is 247 g/mol. The zero-order chi connectivity index (χ0) is 13.4. The fourth-order valence-corrected chi connectivity index (χ4v) is 1.97. The predicted molar refractivity (Wildman–Crippen MR) is 76.9 cm³/mol.